The Morgan fingerprint density at radius 1 is 0.348 bits per heavy atom. The lowest BCUT2D eigenvalue weighted by molar-refractivity contribution is -0.142. The molecular weight excluding hydrogens is 857 g/mol. The normalized spacial score (nSPS) is 13.5. The second-order valence-corrected chi connectivity index (χ2v) is 14.4. The summed E-state index contributed by atoms with van der Waals surface area (Å²) in [5, 5.41) is 41.3. The van der Waals surface area contributed by atoms with Crippen LogP contribution < -0.4 is 18.9 Å². The van der Waals surface area contributed by atoms with E-state index in [0.29, 0.717) is 23.0 Å². The maximum Gasteiger partial charge on any atom is 0.330 e. The standard InChI is InChI=1S/C50H54O16/c1-5-45(55)63-29-37(51)25-59-41-17-9-33(10-18-41)49(34-11-19-42(20-12-34)60-26-38(52)30-64-46(56)6-2)50(35-13-21-43(22-14-35)61-27-39(53)31-65-47(57)7-3)36-15-23-44(24-16-36)62-28-40(54)32-66-48(58)8-4/h5-24,37-40,49-54H,1-4,25-32H2. The number of benzene rings is 4. The van der Waals surface area contributed by atoms with Crippen LogP contribution in [0.4, 0.5) is 0 Å². The average Bonchev–Trinajstić information content (AvgIpc) is 3.35. The second-order valence-electron chi connectivity index (χ2n) is 14.4. The molecule has 4 atom stereocenters. The molecule has 0 spiro atoms. The molecule has 0 heterocycles. The van der Waals surface area contributed by atoms with Crippen molar-refractivity contribution in [1.82, 2.24) is 0 Å². The number of hydrogen-bond acceptors (Lipinski definition) is 16. The quantitative estimate of drug-likeness (QED) is 0.0334. The third-order valence-electron chi connectivity index (χ3n) is 9.40. The molecule has 4 N–H and O–H groups in total. The summed E-state index contributed by atoms with van der Waals surface area (Å²) in [5.41, 5.74) is 3.37. The van der Waals surface area contributed by atoms with Gasteiger partial charge in [0, 0.05) is 36.1 Å². The fourth-order valence-electron chi connectivity index (χ4n) is 6.15. The van der Waals surface area contributed by atoms with E-state index < -0.39 is 60.1 Å². The Kier molecular flexibility index (Phi) is 21.2. The highest BCUT2D eigenvalue weighted by Crippen LogP contribution is 2.44. The molecule has 66 heavy (non-hydrogen) atoms. The van der Waals surface area contributed by atoms with Gasteiger partial charge in [-0.15, -0.1) is 0 Å². The van der Waals surface area contributed by atoms with Crippen LogP contribution in [0.3, 0.4) is 0 Å². The van der Waals surface area contributed by atoms with Crippen LogP contribution in [0.2, 0.25) is 0 Å². The fraction of sp³-hybridized carbons (Fsp3) is 0.280. The summed E-state index contributed by atoms with van der Waals surface area (Å²) in [4.78, 5) is 45.8. The number of carbonyl (C=O) groups is 4. The summed E-state index contributed by atoms with van der Waals surface area (Å²) in [6.07, 6.45) is -0.380. The minimum absolute atomic E-state index is 0.153. The lowest BCUT2D eigenvalue weighted by Gasteiger charge is -2.30. The summed E-state index contributed by atoms with van der Waals surface area (Å²) in [6, 6.07) is 29.1. The minimum atomic E-state index is -1.09. The zero-order valence-corrected chi connectivity index (χ0v) is 36.2. The third-order valence-corrected chi connectivity index (χ3v) is 9.40. The van der Waals surface area contributed by atoms with Crippen molar-refractivity contribution in [3.63, 3.8) is 0 Å². The van der Waals surface area contributed by atoms with Crippen LogP contribution in [0, 0.1) is 0 Å². The molecule has 16 nitrogen and oxygen atoms in total. The van der Waals surface area contributed by atoms with Gasteiger partial charge in [-0.05, 0) is 70.8 Å². The van der Waals surface area contributed by atoms with E-state index >= 15 is 0 Å². The lowest BCUT2D eigenvalue weighted by Crippen LogP contribution is -2.25. The molecule has 0 aromatic heterocycles. The van der Waals surface area contributed by atoms with E-state index in [0.717, 1.165) is 46.6 Å². The van der Waals surface area contributed by atoms with Gasteiger partial charge in [0.1, 0.15) is 100 Å². The number of aliphatic hydroxyl groups excluding tert-OH is 4. The van der Waals surface area contributed by atoms with Gasteiger partial charge in [0.05, 0.1) is 0 Å². The Hall–Kier alpha value is -7.24. The smallest absolute Gasteiger partial charge is 0.330 e. The first-order valence-corrected chi connectivity index (χ1v) is 20.6. The Morgan fingerprint density at radius 3 is 0.697 bits per heavy atom. The lowest BCUT2D eigenvalue weighted by atomic mass is 9.73. The van der Waals surface area contributed by atoms with Crippen molar-refractivity contribution in [2.75, 3.05) is 52.9 Å². The zero-order chi connectivity index (χ0) is 47.8. The fourth-order valence-corrected chi connectivity index (χ4v) is 6.15. The van der Waals surface area contributed by atoms with Crippen LogP contribution in [-0.4, -0.2) is 122 Å². The topological polar surface area (TPSA) is 223 Å². The van der Waals surface area contributed by atoms with Crippen LogP contribution in [0.5, 0.6) is 23.0 Å². The van der Waals surface area contributed by atoms with Crippen molar-refractivity contribution in [1.29, 1.82) is 0 Å². The van der Waals surface area contributed by atoms with E-state index in [9.17, 15) is 39.6 Å². The Bertz CT molecular complexity index is 1870. The Labute approximate surface area is 382 Å². The molecule has 0 fully saturated rings. The van der Waals surface area contributed by atoms with Crippen molar-refractivity contribution >= 4 is 23.9 Å². The predicted octanol–water partition coefficient (Wildman–Crippen LogP) is 4.53. The maximum absolute atomic E-state index is 11.5. The van der Waals surface area contributed by atoms with Gasteiger partial charge in [-0.1, -0.05) is 74.8 Å². The Morgan fingerprint density at radius 2 is 0.530 bits per heavy atom. The molecule has 0 amide bonds. The van der Waals surface area contributed by atoms with Gasteiger partial charge in [-0.25, -0.2) is 19.2 Å². The van der Waals surface area contributed by atoms with Crippen LogP contribution in [0.15, 0.2) is 148 Å². The molecule has 350 valence electrons. The first-order chi connectivity index (χ1) is 31.8. The van der Waals surface area contributed by atoms with E-state index in [1.807, 2.05) is 48.5 Å². The summed E-state index contributed by atoms with van der Waals surface area (Å²) in [7, 11) is 0. The third kappa shape index (κ3) is 17.4. The average molecular weight is 911 g/mol. The van der Waals surface area contributed by atoms with E-state index in [4.69, 9.17) is 37.9 Å². The van der Waals surface area contributed by atoms with Gasteiger partial charge in [0.2, 0.25) is 0 Å². The molecule has 0 saturated carbocycles. The van der Waals surface area contributed by atoms with Crippen molar-refractivity contribution in [3.8, 4) is 23.0 Å². The second kappa shape index (κ2) is 27.2. The van der Waals surface area contributed by atoms with Gasteiger partial charge >= 0.3 is 23.9 Å². The molecule has 0 aliphatic rings. The predicted molar refractivity (Wildman–Crippen MR) is 240 cm³/mol. The summed E-state index contributed by atoms with van der Waals surface area (Å²) in [5.74, 6) is -1.75. The number of aliphatic hydroxyl groups is 4. The number of carbonyl (C=O) groups excluding carboxylic acids is 4. The summed E-state index contributed by atoms with van der Waals surface area (Å²) >= 11 is 0. The van der Waals surface area contributed by atoms with Crippen LogP contribution in [0.1, 0.15) is 34.1 Å². The van der Waals surface area contributed by atoms with Crippen LogP contribution in [0.25, 0.3) is 0 Å². The maximum atomic E-state index is 11.5. The molecule has 4 unspecified atom stereocenters. The van der Waals surface area contributed by atoms with E-state index in [1.54, 1.807) is 48.5 Å². The number of rotatable bonds is 29. The van der Waals surface area contributed by atoms with Gasteiger partial charge in [-0.3, -0.25) is 0 Å². The molecule has 0 bridgehead atoms. The largest absolute Gasteiger partial charge is 0.491 e. The molecule has 4 rings (SSSR count). The molecule has 0 radical (unpaired) electrons. The van der Waals surface area contributed by atoms with E-state index in [2.05, 4.69) is 26.3 Å². The van der Waals surface area contributed by atoms with Crippen molar-refractivity contribution < 1.29 is 77.5 Å². The molecule has 4 aromatic rings. The molecule has 16 heteroatoms. The molecule has 4 aromatic carbocycles. The molecule has 0 aliphatic heterocycles. The van der Waals surface area contributed by atoms with Gasteiger partial charge in [0.25, 0.3) is 0 Å². The summed E-state index contributed by atoms with van der Waals surface area (Å²) < 4.78 is 42.9. The van der Waals surface area contributed by atoms with E-state index in [1.165, 1.54) is 0 Å². The highest BCUT2D eigenvalue weighted by molar-refractivity contribution is 5.82. The number of ether oxygens (including phenoxy) is 8. The monoisotopic (exact) mass is 910 g/mol. The first kappa shape index (κ1) is 51.4. The minimum Gasteiger partial charge on any atom is -0.491 e. The van der Waals surface area contributed by atoms with E-state index in [-0.39, 0.29) is 52.9 Å². The SMILES string of the molecule is C=CC(=O)OCC(O)COc1ccc(C(c2ccc(OCC(O)COC(=O)C=C)cc2)C(c2ccc(OCC(O)COC(=O)C=C)cc2)c2ccc(OCC(O)COC(=O)C=C)cc2)cc1. The summed E-state index contributed by atoms with van der Waals surface area (Å²) in [6.45, 7) is 11.6. The molecule has 0 aliphatic carbocycles. The van der Waals surface area contributed by atoms with Crippen LogP contribution in [-0.2, 0) is 38.1 Å². The van der Waals surface area contributed by atoms with Gasteiger partial charge in [-0.2, -0.15) is 0 Å². The molecule has 0 saturated heterocycles. The number of hydrogen-bond donors (Lipinski definition) is 4. The zero-order valence-electron chi connectivity index (χ0n) is 36.2. The van der Waals surface area contributed by atoms with Crippen molar-refractivity contribution in [2.24, 2.45) is 0 Å². The molecular formula is C50H54O16. The van der Waals surface area contributed by atoms with Crippen molar-refractivity contribution in [3.05, 3.63) is 170 Å². The Balaban J connectivity index is 1.69. The highest BCUT2D eigenvalue weighted by atomic mass is 16.6. The van der Waals surface area contributed by atoms with Crippen LogP contribution >= 0.6 is 0 Å². The van der Waals surface area contributed by atoms with Crippen molar-refractivity contribution in [2.45, 2.75) is 36.3 Å². The number of esters is 4. The van der Waals surface area contributed by atoms with Gasteiger partial charge < -0.3 is 58.3 Å². The highest BCUT2D eigenvalue weighted by Gasteiger charge is 2.29. The first-order valence-electron chi connectivity index (χ1n) is 20.6. The van der Waals surface area contributed by atoms with Gasteiger partial charge in [0.15, 0.2) is 0 Å².